The predicted octanol–water partition coefficient (Wildman–Crippen LogP) is 2.62. The maximum absolute atomic E-state index is 13.4. The van der Waals surface area contributed by atoms with E-state index in [0.717, 1.165) is 5.69 Å². The number of carbonyl (C=O) groups excluding carboxylic acids is 1. The van der Waals surface area contributed by atoms with Crippen LogP contribution in [-0.2, 0) is 13.0 Å². The quantitative estimate of drug-likeness (QED) is 0.840. The molecular weight excluding hydrogens is 333 g/mol. The van der Waals surface area contributed by atoms with E-state index in [9.17, 15) is 14.3 Å². The molecule has 1 unspecified atom stereocenters. The van der Waals surface area contributed by atoms with Crippen molar-refractivity contribution in [1.29, 1.82) is 0 Å². The van der Waals surface area contributed by atoms with Crippen molar-refractivity contribution in [3.05, 3.63) is 64.7 Å². The van der Waals surface area contributed by atoms with E-state index in [0.29, 0.717) is 12.0 Å². The van der Waals surface area contributed by atoms with Crippen molar-refractivity contribution in [2.45, 2.75) is 19.0 Å². The largest absolute Gasteiger partial charge is 0.394 e. The molecule has 2 rings (SSSR count). The van der Waals surface area contributed by atoms with E-state index in [2.05, 4.69) is 10.3 Å². The first-order chi connectivity index (χ1) is 11.5. The molecule has 0 radical (unpaired) electrons. The summed E-state index contributed by atoms with van der Waals surface area (Å²) in [6.45, 7) is -0.0945. The number of aliphatic hydroxyl groups excluding tert-OH is 1. The van der Waals surface area contributed by atoms with Gasteiger partial charge < -0.3 is 15.3 Å². The van der Waals surface area contributed by atoms with Gasteiger partial charge in [-0.15, -0.1) is 0 Å². The van der Waals surface area contributed by atoms with E-state index >= 15 is 0 Å². The summed E-state index contributed by atoms with van der Waals surface area (Å²) >= 11 is 5.87. The molecule has 1 atom stereocenters. The predicted molar refractivity (Wildman–Crippen MR) is 90.2 cm³/mol. The zero-order valence-electron chi connectivity index (χ0n) is 13.2. The van der Waals surface area contributed by atoms with Gasteiger partial charge in [-0.05, 0) is 23.8 Å². The first-order valence-electron chi connectivity index (χ1n) is 7.47. The second-order valence-corrected chi connectivity index (χ2v) is 5.72. The molecule has 0 bridgehead atoms. The average Bonchev–Trinajstić information content (AvgIpc) is 2.61. The molecule has 0 spiro atoms. The van der Waals surface area contributed by atoms with Gasteiger partial charge in [-0.3, -0.25) is 4.98 Å². The summed E-state index contributed by atoms with van der Waals surface area (Å²) in [7, 11) is 1.59. The summed E-state index contributed by atoms with van der Waals surface area (Å²) in [6.07, 6.45) is 2.10. The lowest BCUT2D eigenvalue weighted by atomic mass is 10.1. The Hall–Kier alpha value is -2.18. The third kappa shape index (κ3) is 4.66. The number of nitrogens with one attached hydrogen (secondary N) is 1. The van der Waals surface area contributed by atoms with Gasteiger partial charge in [-0.1, -0.05) is 29.8 Å². The Balaban J connectivity index is 1.96. The Bertz CT molecular complexity index is 685. The summed E-state index contributed by atoms with van der Waals surface area (Å²) < 4.78 is 13.4. The van der Waals surface area contributed by atoms with Gasteiger partial charge in [-0.25, -0.2) is 9.18 Å². The van der Waals surface area contributed by atoms with Crippen LogP contribution in [-0.4, -0.2) is 40.7 Å². The minimum atomic E-state index is -0.528. The molecule has 2 aromatic rings. The smallest absolute Gasteiger partial charge is 0.317 e. The lowest BCUT2D eigenvalue weighted by molar-refractivity contribution is 0.148. The van der Waals surface area contributed by atoms with Gasteiger partial charge in [0.25, 0.3) is 0 Å². The Morgan fingerprint density at radius 2 is 2.17 bits per heavy atom. The number of carbonyl (C=O) groups is 1. The molecule has 24 heavy (non-hydrogen) atoms. The molecule has 0 aliphatic rings. The topological polar surface area (TPSA) is 65.5 Å². The van der Waals surface area contributed by atoms with Crippen LogP contribution in [0.5, 0.6) is 0 Å². The third-order valence-corrected chi connectivity index (χ3v) is 4.13. The molecule has 2 N–H and O–H groups in total. The number of halogens is 2. The fourth-order valence-electron chi connectivity index (χ4n) is 2.23. The molecule has 0 aliphatic heterocycles. The highest BCUT2D eigenvalue weighted by Crippen LogP contribution is 2.19. The van der Waals surface area contributed by atoms with Gasteiger partial charge in [0.2, 0.25) is 0 Å². The van der Waals surface area contributed by atoms with E-state index in [4.69, 9.17) is 11.6 Å². The molecule has 0 saturated heterocycles. The summed E-state index contributed by atoms with van der Waals surface area (Å²) in [5.74, 6) is -0.528. The number of pyridine rings is 1. The number of aromatic nitrogens is 1. The fraction of sp³-hybridized carbons (Fsp3) is 0.294. The Kier molecular flexibility index (Phi) is 6.52. The summed E-state index contributed by atoms with van der Waals surface area (Å²) in [6, 6.07) is 9.12. The fourth-order valence-corrected chi connectivity index (χ4v) is 2.42. The van der Waals surface area contributed by atoms with Crippen LogP contribution in [0.1, 0.15) is 11.3 Å². The average molecular weight is 352 g/mol. The zero-order valence-corrected chi connectivity index (χ0v) is 14.0. The molecule has 0 aliphatic carbocycles. The normalized spacial score (nSPS) is 11.8. The Morgan fingerprint density at radius 3 is 2.83 bits per heavy atom. The van der Waals surface area contributed by atoms with Crippen LogP contribution in [0.15, 0.2) is 42.6 Å². The van der Waals surface area contributed by atoms with Gasteiger partial charge in [0.15, 0.2) is 0 Å². The lowest BCUT2D eigenvalue weighted by Gasteiger charge is -2.26. The number of urea groups is 1. The summed E-state index contributed by atoms with van der Waals surface area (Å²) in [4.78, 5) is 17.8. The van der Waals surface area contributed by atoms with Crippen LogP contribution < -0.4 is 5.32 Å². The van der Waals surface area contributed by atoms with Gasteiger partial charge in [0.1, 0.15) is 5.82 Å². The first-order valence-corrected chi connectivity index (χ1v) is 7.85. The molecule has 1 heterocycles. The lowest BCUT2D eigenvalue weighted by Crippen LogP contribution is -2.46. The van der Waals surface area contributed by atoms with E-state index < -0.39 is 11.9 Å². The molecule has 128 valence electrons. The van der Waals surface area contributed by atoms with Crippen molar-refractivity contribution < 1.29 is 14.3 Å². The number of hydrogen-bond acceptors (Lipinski definition) is 3. The highest BCUT2D eigenvalue weighted by Gasteiger charge is 2.20. The van der Waals surface area contributed by atoms with Crippen LogP contribution >= 0.6 is 11.6 Å². The molecule has 1 aromatic carbocycles. The zero-order chi connectivity index (χ0) is 17.5. The molecule has 5 nitrogen and oxygen atoms in total. The number of amides is 2. The SMILES string of the molecule is CN(C(=O)NCc1cccc(F)c1Cl)C(CO)Cc1ccccn1. The van der Waals surface area contributed by atoms with Crippen molar-refractivity contribution >= 4 is 17.6 Å². The van der Waals surface area contributed by atoms with Crippen molar-refractivity contribution in [2.24, 2.45) is 0 Å². The highest BCUT2D eigenvalue weighted by molar-refractivity contribution is 6.31. The second kappa shape index (κ2) is 8.61. The molecular formula is C17H19ClFN3O2. The highest BCUT2D eigenvalue weighted by atomic mass is 35.5. The van der Waals surface area contributed by atoms with Crippen LogP contribution in [0.3, 0.4) is 0 Å². The standard InChI is InChI=1S/C17H19ClFN3O2/c1-22(14(11-23)9-13-6-2-3-8-20-13)17(24)21-10-12-5-4-7-15(19)16(12)18/h2-8,14,23H,9-11H2,1H3,(H,21,24). The Labute approximate surface area is 145 Å². The van der Waals surface area contributed by atoms with Crippen LogP contribution in [0.2, 0.25) is 5.02 Å². The molecule has 2 amide bonds. The number of rotatable bonds is 6. The van der Waals surface area contributed by atoms with E-state index in [1.54, 1.807) is 25.4 Å². The van der Waals surface area contributed by atoms with Gasteiger partial charge in [0.05, 0.1) is 17.7 Å². The van der Waals surface area contributed by atoms with Crippen LogP contribution in [0.4, 0.5) is 9.18 Å². The maximum Gasteiger partial charge on any atom is 0.317 e. The third-order valence-electron chi connectivity index (χ3n) is 3.71. The number of aliphatic hydroxyl groups is 1. The van der Waals surface area contributed by atoms with Crippen LogP contribution in [0, 0.1) is 5.82 Å². The summed E-state index contributed by atoms with van der Waals surface area (Å²) in [5.41, 5.74) is 1.27. The first kappa shape index (κ1) is 18.2. The van der Waals surface area contributed by atoms with Crippen molar-refractivity contribution in [3.8, 4) is 0 Å². The number of likely N-dealkylation sites (N-methyl/N-ethyl adjacent to an activating group) is 1. The van der Waals surface area contributed by atoms with Crippen molar-refractivity contribution in [1.82, 2.24) is 15.2 Å². The minimum absolute atomic E-state index is 0.00681. The number of hydrogen-bond donors (Lipinski definition) is 2. The van der Waals surface area contributed by atoms with Gasteiger partial charge in [0, 0.05) is 31.9 Å². The van der Waals surface area contributed by atoms with E-state index in [-0.39, 0.29) is 24.2 Å². The molecule has 7 heteroatoms. The summed E-state index contributed by atoms with van der Waals surface area (Å²) in [5, 5.41) is 12.2. The Morgan fingerprint density at radius 1 is 1.38 bits per heavy atom. The number of nitrogens with zero attached hydrogens (tertiary/aromatic N) is 2. The van der Waals surface area contributed by atoms with E-state index in [1.807, 2.05) is 12.1 Å². The van der Waals surface area contributed by atoms with Crippen LogP contribution in [0.25, 0.3) is 0 Å². The van der Waals surface area contributed by atoms with Gasteiger partial charge in [-0.2, -0.15) is 0 Å². The van der Waals surface area contributed by atoms with Crippen molar-refractivity contribution in [2.75, 3.05) is 13.7 Å². The van der Waals surface area contributed by atoms with Gasteiger partial charge >= 0.3 is 6.03 Å². The molecule has 0 saturated carbocycles. The molecule has 1 aromatic heterocycles. The van der Waals surface area contributed by atoms with Crippen molar-refractivity contribution in [3.63, 3.8) is 0 Å². The maximum atomic E-state index is 13.4. The minimum Gasteiger partial charge on any atom is -0.394 e. The monoisotopic (exact) mass is 351 g/mol. The number of benzene rings is 1. The second-order valence-electron chi connectivity index (χ2n) is 5.34. The van der Waals surface area contributed by atoms with E-state index in [1.165, 1.54) is 17.0 Å². The molecule has 0 fully saturated rings.